The van der Waals surface area contributed by atoms with Crippen molar-refractivity contribution in [3.05, 3.63) is 42.1 Å². The predicted octanol–water partition coefficient (Wildman–Crippen LogP) is 1.65. The molecule has 0 spiro atoms. The van der Waals surface area contributed by atoms with Crippen LogP contribution in [-0.2, 0) is 19.0 Å². The second-order valence-electron chi connectivity index (χ2n) is 4.97. The minimum absolute atomic E-state index is 0.161. The Bertz CT molecular complexity index is 700. The van der Waals surface area contributed by atoms with Gasteiger partial charge in [-0.3, -0.25) is 4.79 Å². The van der Waals surface area contributed by atoms with Gasteiger partial charge in [0, 0.05) is 7.11 Å². The van der Waals surface area contributed by atoms with Crippen molar-refractivity contribution in [2.24, 2.45) is 0 Å². The van der Waals surface area contributed by atoms with Gasteiger partial charge in [-0.15, -0.1) is 0 Å². The number of ether oxygens (including phenoxy) is 3. The lowest BCUT2D eigenvalue weighted by molar-refractivity contribution is -0.121. The molecule has 0 saturated carbocycles. The van der Waals surface area contributed by atoms with Crippen molar-refractivity contribution in [3.8, 4) is 5.69 Å². The number of rotatable bonds is 9. The summed E-state index contributed by atoms with van der Waals surface area (Å²) in [4.78, 5) is 24.2. The summed E-state index contributed by atoms with van der Waals surface area (Å²) in [5.41, 5.74) is 0.879. The molecule has 0 aliphatic carbocycles. The Morgan fingerprint density at radius 3 is 2.64 bits per heavy atom. The SMILES string of the molecule is CCOC(=O)c1cnn(-c2ccccc2)c1NC(=O)COCCOC. The van der Waals surface area contributed by atoms with Crippen LogP contribution in [0.2, 0.25) is 0 Å². The highest BCUT2D eigenvalue weighted by Crippen LogP contribution is 2.21. The second-order valence-corrected chi connectivity index (χ2v) is 4.97. The van der Waals surface area contributed by atoms with E-state index in [1.807, 2.05) is 30.3 Å². The van der Waals surface area contributed by atoms with Crippen LogP contribution in [0.1, 0.15) is 17.3 Å². The van der Waals surface area contributed by atoms with Crippen molar-refractivity contribution in [1.82, 2.24) is 9.78 Å². The summed E-state index contributed by atoms with van der Waals surface area (Å²) < 4.78 is 16.5. The Morgan fingerprint density at radius 2 is 1.96 bits per heavy atom. The minimum atomic E-state index is -0.555. The van der Waals surface area contributed by atoms with Crippen molar-refractivity contribution in [1.29, 1.82) is 0 Å². The monoisotopic (exact) mass is 347 g/mol. The molecule has 25 heavy (non-hydrogen) atoms. The minimum Gasteiger partial charge on any atom is -0.462 e. The third kappa shape index (κ3) is 5.13. The lowest BCUT2D eigenvalue weighted by atomic mass is 10.3. The Hall–Kier alpha value is -2.71. The van der Waals surface area contributed by atoms with Crippen molar-refractivity contribution in [3.63, 3.8) is 0 Å². The van der Waals surface area contributed by atoms with Crippen LogP contribution in [0.4, 0.5) is 5.82 Å². The zero-order valence-corrected chi connectivity index (χ0v) is 14.2. The zero-order chi connectivity index (χ0) is 18.1. The molecular weight excluding hydrogens is 326 g/mol. The highest BCUT2D eigenvalue weighted by molar-refractivity contribution is 6.00. The molecule has 0 bridgehead atoms. The molecular formula is C17H21N3O5. The summed E-state index contributed by atoms with van der Waals surface area (Å²) in [6, 6.07) is 9.15. The molecule has 1 N–H and O–H groups in total. The van der Waals surface area contributed by atoms with Gasteiger partial charge >= 0.3 is 5.97 Å². The fraction of sp³-hybridized carbons (Fsp3) is 0.353. The van der Waals surface area contributed by atoms with E-state index in [-0.39, 0.29) is 24.6 Å². The van der Waals surface area contributed by atoms with Gasteiger partial charge in [-0.05, 0) is 19.1 Å². The van der Waals surface area contributed by atoms with Crippen LogP contribution < -0.4 is 5.32 Å². The molecule has 0 unspecified atom stereocenters. The van der Waals surface area contributed by atoms with Crippen LogP contribution in [-0.4, -0.2) is 55.2 Å². The van der Waals surface area contributed by atoms with Crippen molar-refractivity contribution < 1.29 is 23.8 Å². The second kappa shape index (κ2) is 9.55. The molecule has 2 rings (SSSR count). The van der Waals surface area contributed by atoms with Crippen LogP contribution in [0, 0.1) is 0 Å². The van der Waals surface area contributed by atoms with E-state index in [9.17, 15) is 9.59 Å². The Labute approximate surface area is 145 Å². The van der Waals surface area contributed by atoms with Gasteiger partial charge in [0.05, 0.1) is 31.7 Å². The maximum Gasteiger partial charge on any atom is 0.343 e. The molecule has 0 fully saturated rings. The Morgan fingerprint density at radius 1 is 1.20 bits per heavy atom. The fourth-order valence-corrected chi connectivity index (χ4v) is 2.07. The summed E-state index contributed by atoms with van der Waals surface area (Å²) in [6.45, 7) is 2.46. The van der Waals surface area contributed by atoms with E-state index in [2.05, 4.69) is 10.4 Å². The van der Waals surface area contributed by atoms with Crippen LogP contribution in [0.15, 0.2) is 36.5 Å². The number of methoxy groups -OCH3 is 1. The van der Waals surface area contributed by atoms with Gasteiger partial charge in [0.25, 0.3) is 5.91 Å². The number of amides is 1. The third-order valence-electron chi connectivity index (χ3n) is 3.19. The summed E-state index contributed by atoms with van der Waals surface area (Å²) in [5.74, 6) is -0.718. The molecule has 8 nitrogen and oxygen atoms in total. The van der Waals surface area contributed by atoms with Crippen LogP contribution in [0.3, 0.4) is 0 Å². The van der Waals surface area contributed by atoms with E-state index < -0.39 is 11.9 Å². The van der Waals surface area contributed by atoms with Gasteiger partial charge in [-0.25, -0.2) is 9.48 Å². The number of hydrogen-bond acceptors (Lipinski definition) is 6. The smallest absolute Gasteiger partial charge is 0.343 e. The molecule has 1 heterocycles. The normalized spacial score (nSPS) is 10.5. The third-order valence-corrected chi connectivity index (χ3v) is 3.19. The van der Waals surface area contributed by atoms with Crippen LogP contribution in [0.25, 0.3) is 5.69 Å². The molecule has 0 aliphatic heterocycles. The first kappa shape index (κ1) is 18.6. The largest absolute Gasteiger partial charge is 0.462 e. The molecule has 2 aromatic rings. The van der Waals surface area contributed by atoms with E-state index in [4.69, 9.17) is 14.2 Å². The molecule has 0 saturated heterocycles. The molecule has 1 amide bonds. The number of aromatic nitrogens is 2. The summed E-state index contributed by atoms with van der Waals surface area (Å²) in [5, 5.41) is 6.86. The zero-order valence-electron chi connectivity index (χ0n) is 14.2. The van der Waals surface area contributed by atoms with Crippen molar-refractivity contribution >= 4 is 17.7 Å². The molecule has 134 valence electrons. The summed E-state index contributed by atoms with van der Waals surface area (Å²) in [7, 11) is 1.55. The van der Waals surface area contributed by atoms with Crippen molar-refractivity contribution in [2.45, 2.75) is 6.92 Å². The van der Waals surface area contributed by atoms with E-state index in [0.717, 1.165) is 0 Å². The number of para-hydroxylation sites is 1. The van der Waals surface area contributed by atoms with Gasteiger partial charge < -0.3 is 19.5 Å². The molecule has 1 aromatic heterocycles. The number of carbonyl (C=O) groups excluding carboxylic acids is 2. The topological polar surface area (TPSA) is 91.7 Å². The Kier molecular flexibility index (Phi) is 7.12. The maximum atomic E-state index is 12.1. The van der Waals surface area contributed by atoms with E-state index in [0.29, 0.717) is 18.9 Å². The van der Waals surface area contributed by atoms with E-state index >= 15 is 0 Å². The average molecular weight is 347 g/mol. The molecule has 0 radical (unpaired) electrons. The number of carbonyl (C=O) groups is 2. The number of benzene rings is 1. The predicted molar refractivity (Wildman–Crippen MR) is 90.8 cm³/mol. The number of anilines is 1. The first-order valence-corrected chi connectivity index (χ1v) is 7.84. The highest BCUT2D eigenvalue weighted by Gasteiger charge is 2.21. The van der Waals surface area contributed by atoms with Crippen molar-refractivity contribution in [2.75, 3.05) is 38.9 Å². The van der Waals surface area contributed by atoms with Gasteiger partial charge in [0.2, 0.25) is 0 Å². The molecule has 8 heteroatoms. The average Bonchev–Trinajstić information content (AvgIpc) is 3.03. The molecule has 0 atom stereocenters. The van der Waals surface area contributed by atoms with Gasteiger partial charge in [0.15, 0.2) is 5.82 Å². The summed E-state index contributed by atoms with van der Waals surface area (Å²) in [6.07, 6.45) is 1.37. The lowest BCUT2D eigenvalue weighted by Crippen LogP contribution is -2.23. The van der Waals surface area contributed by atoms with E-state index in [1.54, 1.807) is 14.0 Å². The maximum absolute atomic E-state index is 12.1. The van der Waals surface area contributed by atoms with Gasteiger partial charge in [0.1, 0.15) is 12.2 Å². The standard InChI is InChI=1S/C17H21N3O5/c1-3-25-17(22)14-11-18-20(13-7-5-4-6-8-13)16(14)19-15(21)12-24-10-9-23-2/h4-8,11H,3,9-10,12H2,1-2H3,(H,19,21). The van der Waals surface area contributed by atoms with Gasteiger partial charge in [-0.1, -0.05) is 18.2 Å². The quantitative estimate of drug-likeness (QED) is 0.548. The first-order chi connectivity index (χ1) is 12.2. The number of esters is 1. The van der Waals surface area contributed by atoms with Gasteiger partial charge in [-0.2, -0.15) is 5.10 Å². The number of nitrogens with zero attached hydrogens (tertiary/aromatic N) is 2. The molecule has 0 aliphatic rings. The Balaban J connectivity index is 2.21. The number of nitrogens with one attached hydrogen (secondary N) is 1. The van der Waals surface area contributed by atoms with Crippen LogP contribution >= 0.6 is 0 Å². The first-order valence-electron chi connectivity index (χ1n) is 7.84. The lowest BCUT2D eigenvalue weighted by Gasteiger charge is -2.11. The fourth-order valence-electron chi connectivity index (χ4n) is 2.07. The summed E-state index contributed by atoms with van der Waals surface area (Å²) >= 11 is 0. The van der Waals surface area contributed by atoms with Crippen LogP contribution in [0.5, 0.6) is 0 Å². The number of hydrogen-bond donors (Lipinski definition) is 1. The molecule has 1 aromatic carbocycles. The highest BCUT2D eigenvalue weighted by atomic mass is 16.5. The van der Waals surface area contributed by atoms with E-state index in [1.165, 1.54) is 10.9 Å².